The maximum absolute atomic E-state index is 14.1. The van der Waals surface area contributed by atoms with Gasteiger partial charge in [0.25, 0.3) is 11.6 Å². The van der Waals surface area contributed by atoms with E-state index < -0.39 is 28.6 Å². The highest BCUT2D eigenvalue weighted by Gasteiger charge is 2.44. The third kappa shape index (κ3) is 3.60. The Morgan fingerprint density at radius 2 is 1.89 bits per heavy atom. The number of fused-ring (bicyclic) bond motifs is 3. The number of benzene rings is 3. The average Bonchev–Trinajstić information content (AvgIpc) is 3.36. The van der Waals surface area contributed by atoms with Crippen LogP contribution in [0.25, 0.3) is 16.6 Å². The predicted octanol–water partition coefficient (Wildman–Crippen LogP) is 4.39. The number of carbonyl (C=O) groups is 1. The Bertz CT molecular complexity index is 1540. The fraction of sp³-hybridized carbons (Fsp3) is 0.167. The maximum Gasteiger partial charge on any atom is 0.278 e. The number of methoxy groups -OCH3 is 2. The van der Waals surface area contributed by atoms with Gasteiger partial charge in [0.15, 0.2) is 6.23 Å². The molecule has 0 saturated heterocycles. The smallest absolute Gasteiger partial charge is 0.278 e. The zero-order valence-electron chi connectivity index (χ0n) is 18.9. The Morgan fingerprint density at radius 3 is 2.53 bits per heavy atom. The molecule has 36 heavy (non-hydrogen) atoms. The molecule has 3 aromatic carbocycles. The topological polar surface area (TPSA) is 120 Å². The monoisotopic (exact) mass is 512 g/mol. The summed E-state index contributed by atoms with van der Waals surface area (Å²) in [6.07, 6.45) is -1.61. The highest BCUT2D eigenvalue weighted by atomic mass is 35.5. The first kappa shape index (κ1) is 23.5. The fourth-order valence-corrected chi connectivity index (χ4v) is 4.55. The Labute approximate surface area is 208 Å². The standard InChI is InChI=1S/C24H18ClFN4O6/c1-35-14-6-3-12(4-7-14)11-28-23(31)19-18(30(33)34)10-15-21(20(19)24(28)32)29(27-22(15)36-2)17-9-13(26)5-8-16(17)25/h3-10,23,31H,11H2,1-2H3. The van der Waals surface area contributed by atoms with E-state index in [0.717, 1.165) is 17.0 Å². The maximum atomic E-state index is 14.1. The molecule has 1 unspecified atom stereocenters. The first-order chi connectivity index (χ1) is 17.2. The first-order valence-corrected chi connectivity index (χ1v) is 11.0. The molecule has 1 atom stereocenters. The van der Waals surface area contributed by atoms with Gasteiger partial charge in [0, 0.05) is 18.7 Å². The van der Waals surface area contributed by atoms with Crippen LogP contribution in [0.1, 0.15) is 27.7 Å². The number of nitro benzene ring substituents is 1. The van der Waals surface area contributed by atoms with Gasteiger partial charge >= 0.3 is 0 Å². The lowest BCUT2D eigenvalue weighted by molar-refractivity contribution is -0.386. The van der Waals surface area contributed by atoms with Crippen molar-refractivity contribution in [2.45, 2.75) is 12.8 Å². The van der Waals surface area contributed by atoms with Crippen LogP contribution < -0.4 is 9.47 Å². The lowest BCUT2D eigenvalue weighted by Gasteiger charge is -2.20. The zero-order chi connectivity index (χ0) is 25.7. The van der Waals surface area contributed by atoms with E-state index in [1.807, 2.05) is 0 Å². The predicted molar refractivity (Wildman–Crippen MR) is 127 cm³/mol. The van der Waals surface area contributed by atoms with Crippen molar-refractivity contribution in [2.75, 3.05) is 14.2 Å². The van der Waals surface area contributed by atoms with E-state index in [1.54, 1.807) is 24.3 Å². The molecule has 0 spiro atoms. The van der Waals surface area contributed by atoms with E-state index in [4.69, 9.17) is 21.1 Å². The van der Waals surface area contributed by atoms with Crippen molar-refractivity contribution in [3.8, 4) is 17.3 Å². The van der Waals surface area contributed by atoms with Crippen LogP contribution in [0.5, 0.6) is 11.6 Å². The van der Waals surface area contributed by atoms with Crippen LogP contribution >= 0.6 is 11.6 Å². The van der Waals surface area contributed by atoms with Gasteiger partial charge in [-0.05, 0) is 29.8 Å². The summed E-state index contributed by atoms with van der Waals surface area (Å²) in [6.45, 7) is -0.0384. The minimum absolute atomic E-state index is 0.0351. The zero-order valence-corrected chi connectivity index (χ0v) is 19.7. The van der Waals surface area contributed by atoms with Gasteiger partial charge in [-0.15, -0.1) is 5.10 Å². The van der Waals surface area contributed by atoms with Crippen LogP contribution in [0, 0.1) is 15.9 Å². The highest BCUT2D eigenvalue weighted by molar-refractivity contribution is 6.32. The number of rotatable bonds is 6. The number of nitrogens with zero attached hydrogens (tertiary/aromatic N) is 4. The second-order valence-corrected chi connectivity index (χ2v) is 8.42. The van der Waals surface area contributed by atoms with E-state index in [2.05, 4.69) is 5.10 Å². The van der Waals surface area contributed by atoms with E-state index in [0.29, 0.717) is 11.3 Å². The van der Waals surface area contributed by atoms with Crippen molar-refractivity contribution in [3.63, 3.8) is 0 Å². The summed E-state index contributed by atoms with van der Waals surface area (Å²) in [5.74, 6) is -0.704. The van der Waals surface area contributed by atoms with Crippen LogP contribution in [0.2, 0.25) is 5.02 Å². The Balaban J connectivity index is 1.75. The molecule has 184 valence electrons. The second kappa shape index (κ2) is 8.77. The molecule has 4 aromatic rings. The van der Waals surface area contributed by atoms with Crippen molar-refractivity contribution >= 4 is 34.1 Å². The molecule has 12 heteroatoms. The molecule has 0 fully saturated rings. The number of aliphatic hydroxyl groups is 1. The van der Waals surface area contributed by atoms with Gasteiger partial charge < -0.3 is 19.5 Å². The van der Waals surface area contributed by atoms with Crippen LogP contribution in [0.15, 0.2) is 48.5 Å². The Hall–Kier alpha value is -4.22. The van der Waals surface area contributed by atoms with Crippen molar-refractivity contribution in [1.82, 2.24) is 14.7 Å². The number of ether oxygens (including phenoxy) is 2. The quantitative estimate of drug-likeness (QED) is 0.300. The van der Waals surface area contributed by atoms with Gasteiger partial charge in [0.2, 0.25) is 5.88 Å². The summed E-state index contributed by atoms with van der Waals surface area (Å²) >= 11 is 6.31. The molecule has 2 heterocycles. The Kier molecular flexibility index (Phi) is 5.73. The average molecular weight is 513 g/mol. The van der Waals surface area contributed by atoms with Gasteiger partial charge in [-0.1, -0.05) is 23.7 Å². The lowest BCUT2D eigenvalue weighted by Crippen LogP contribution is -2.27. The molecule has 0 bridgehead atoms. The van der Waals surface area contributed by atoms with Crippen molar-refractivity contribution in [2.24, 2.45) is 0 Å². The van der Waals surface area contributed by atoms with Gasteiger partial charge in [-0.25, -0.2) is 9.07 Å². The molecular weight excluding hydrogens is 495 g/mol. The van der Waals surface area contributed by atoms with Crippen LogP contribution in [0.4, 0.5) is 10.1 Å². The molecule has 10 nitrogen and oxygen atoms in total. The molecule has 0 aliphatic carbocycles. The minimum atomic E-state index is -1.61. The van der Waals surface area contributed by atoms with Crippen molar-refractivity contribution < 1.29 is 28.7 Å². The number of amides is 1. The SMILES string of the molecule is COc1ccc(CN2C(=O)c3c(c([N+](=O)[O-])cc4c(OC)nn(-c5cc(F)ccc5Cl)c34)C2O)cc1. The van der Waals surface area contributed by atoms with Gasteiger partial charge in [-0.3, -0.25) is 14.9 Å². The van der Waals surface area contributed by atoms with E-state index in [9.17, 15) is 24.4 Å². The molecule has 0 radical (unpaired) electrons. The largest absolute Gasteiger partial charge is 0.497 e. The number of nitro groups is 1. The van der Waals surface area contributed by atoms with Crippen molar-refractivity contribution in [3.05, 3.63) is 86.2 Å². The number of hydrogen-bond acceptors (Lipinski definition) is 7. The summed E-state index contributed by atoms with van der Waals surface area (Å²) in [7, 11) is 2.83. The lowest BCUT2D eigenvalue weighted by atomic mass is 10.0. The van der Waals surface area contributed by atoms with E-state index >= 15 is 0 Å². The van der Waals surface area contributed by atoms with Gasteiger partial charge in [0.05, 0.1) is 51.9 Å². The van der Waals surface area contributed by atoms with E-state index in [-0.39, 0.29) is 45.2 Å². The number of aliphatic hydroxyl groups excluding tert-OH is 1. The summed E-state index contributed by atoms with van der Waals surface area (Å²) < 4.78 is 25.8. The normalized spacial score (nSPS) is 14.9. The van der Waals surface area contributed by atoms with E-state index in [1.165, 1.54) is 31.0 Å². The van der Waals surface area contributed by atoms with Crippen LogP contribution in [-0.4, -0.2) is 44.8 Å². The molecule has 1 aliphatic heterocycles. The fourth-order valence-electron chi connectivity index (χ4n) is 4.35. The second-order valence-electron chi connectivity index (χ2n) is 8.01. The van der Waals surface area contributed by atoms with Gasteiger partial charge in [-0.2, -0.15) is 0 Å². The molecule has 1 aromatic heterocycles. The highest BCUT2D eigenvalue weighted by Crippen LogP contribution is 2.46. The first-order valence-electron chi connectivity index (χ1n) is 10.6. The molecule has 1 amide bonds. The summed E-state index contributed by atoms with van der Waals surface area (Å²) in [5.41, 5.74) is 0.0461. The minimum Gasteiger partial charge on any atom is -0.497 e. The molecular formula is C24H18ClFN4O6. The Morgan fingerprint density at radius 1 is 1.17 bits per heavy atom. The van der Waals surface area contributed by atoms with Crippen LogP contribution in [0.3, 0.4) is 0 Å². The summed E-state index contributed by atoms with van der Waals surface area (Å²) in [5, 5.41) is 27.7. The number of halogens is 2. The third-order valence-corrected chi connectivity index (χ3v) is 6.34. The van der Waals surface area contributed by atoms with Crippen LogP contribution in [-0.2, 0) is 6.54 Å². The molecule has 1 aliphatic rings. The molecule has 0 saturated carbocycles. The number of aromatic nitrogens is 2. The number of carbonyl (C=O) groups excluding carboxylic acids is 1. The summed E-state index contributed by atoms with van der Waals surface area (Å²) in [6, 6.07) is 11.6. The third-order valence-electron chi connectivity index (χ3n) is 6.02. The summed E-state index contributed by atoms with van der Waals surface area (Å²) in [4.78, 5) is 26.1. The number of hydrogen-bond donors (Lipinski definition) is 1. The molecule has 1 N–H and O–H groups in total. The molecule has 5 rings (SSSR count). The van der Waals surface area contributed by atoms with Gasteiger partial charge in [0.1, 0.15) is 11.6 Å². The van der Waals surface area contributed by atoms with Crippen molar-refractivity contribution in [1.29, 1.82) is 0 Å².